The van der Waals surface area contributed by atoms with Gasteiger partial charge in [-0.1, -0.05) is 0 Å². The van der Waals surface area contributed by atoms with E-state index in [9.17, 15) is 0 Å². The zero-order valence-electron chi connectivity index (χ0n) is 10.3. The fourth-order valence-electron chi connectivity index (χ4n) is 2.24. The summed E-state index contributed by atoms with van der Waals surface area (Å²) in [7, 11) is 3.35. The summed E-state index contributed by atoms with van der Waals surface area (Å²) < 4.78 is 11.8. The molecular weight excluding hydrogens is 282 g/mol. The highest BCUT2D eigenvalue weighted by Crippen LogP contribution is 2.42. The zero-order valence-corrected chi connectivity index (χ0v) is 11.9. The van der Waals surface area contributed by atoms with Crippen LogP contribution in [-0.4, -0.2) is 26.5 Å². The van der Waals surface area contributed by atoms with Gasteiger partial charge in [-0.25, -0.2) is 0 Å². The molecule has 1 aliphatic rings. The lowest BCUT2D eigenvalue weighted by Crippen LogP contribution is -2.01. The number of nitrogens with zero attached hydrogens (tertiary/aromatic N) is 1. The second-order valence-electron chi connectivity index (χ2n) is 3.87. The molecule has 0 N–H and O–H groups in total. The van der Waals surface area contributed by atoms with E-state index in [0.717, 1.165) is 46.6 Å². The average molecular weight is 298 g/mol. The lowest BCUT2D eigenvalue weighted by molar-refractivity contribution is 0.391. The summed E-state index contributed by atoms with van der Waals surface area (Å²) >= 11 is 3.60. The number of rotatable bonds is 3. The van der Waals surface area contributed by atoms with Crippen molar-refractivity contribution >= 4 is 21.6 Å². The average Bonchev–Trinajstić information content (AvgIpc) is 2.75. The van der Waals surface area contributed by atoms with Gasteiger partial charge in [0.1, 0.15) is 11.5 Å². The first-order chi connectivity index (χ1) is 8.22. The fourth-order valence-corrected chi connectivity index (χ4v) is 2.91. The maximum atomic E-state index is 5.45. The summed E-state index contributed by atoms with van der Waals surface area (Å²) in [4.78, 5) is 4.55. The lowest BCUT2D eigenvalue weighted by Gasteiger charge is -2.13. The van der Waals surface area contributed by atoms with Crippen molar-refractivity contribution in [2.24, 2.45) is 4.99 Å². The van der Waals surface area contributed by atoms with Gasteiger partial charge in [-0.15, -0.1) is 0 Å². The number of methoxy groups -OCH3 is 2. The van der Waals surface area contributed by atoms with Crippen LogP contribution in [0.15, 0.2) is 15.5 Å². The highest BCUT2D eigenvalue weighted by atomic mass is 79.9. The van der Waals surface area contributed by atoms with Gasteiger partial charge in [0.25, 0.3) is 0 Å². The number of aliphatic imine (C=N–C) groups is 1. The van der Waals surface area contributed by atoms with Crippen LogP contribution < -0.4 is 9.47 Å². The quantitative estimate of drug-likeness (QED) is 0.858. The molecule has 0 atom stereocenters. The monoisotopic (exact) mass is 297 g/mol. The van der Waals surface area contributed by atoms with Crippen molar-refractivity contribution in [1.29, 1.82) is 0 Å². The zero-order chi connectivity index (χ0) is 12.4. The Morgan fingerprint density at radius 2 is 1.94 bits per heavy atom. The largest absolute Gasteiger partial charge is 0.496 e. The molecule has 0 aliphatic heterocycles. The van der Waals surface area contributed by atoms with Crippen LogP contribution in [-0.2, 0) is 6.42 Å². The smallest absolute Gasteiger partial charge is 0.137 e. The Morgan fingerprint density at radius 1 is 1.24 bits per heavy atom. The van der Waals surface area contributed by atoms with Gasteiger partial charge in [0.2, 0.25) is 0 Å². The van der Waals surface area contributed by atoms with Gasteiger partial charge in [-0.2, -0.15) is 0 Å². The van der Waals surface area contributed by atoms with E-state index in [-0.39, 0.29) is 0 Å². The van der Waals surface area contributed by atoms with Gasteiger partial charge in [-0.05, 0) is 41.3 Å². The van der Waals surface area contributed by atoms with E-state index in [1.165, 1.54) is 5.56 Å². The van der Waals surface area contributed by atoms with Crippen LogP contribution in [0, 0.1) is 0 Å². The molecule has 0 spiro atoms. The molecule has 0 aromatic heterocycles. The van der Waals surface area contributed by atoms with Crippen LogP contribution in [0.1, 0.15) is 24.5 Å². The van der Waals surface area contributed by atoms with Gasteiger partial charge in [0.05, 0.1) is 18.7 Å². The standard InChI is InChI=1S/C13H16BrNO2/c1-4-15-9-6-5-8-12(9)10(16-2)7-11(17-3)13(8)14/h7H,4-6H2,1-3H3. The van der Waals surface area contributed by atoms with Crippen LogP contribution >= 0.6 is 15.9 Å². The Hall–Kier alpha value is -1.03. The van der Waals surface area contributed by atoms with E-state index in [0.29, 0.717) is 0 Å². The molecule has 0 radical (unpaired) electrons. The van der Waals surface area contributed by atoms with E-state index in [4.69, 9.17) is 9.47 Å². The molecule has 0 saturated heterocycles. The summed E-state index contributed by atoms with van der Waals surface area (Å²) in [5.41, 5.74) is 3.53. The van der Waals surface area contributed by atoms with Gasteiger partial charge < -0.3 is 9.47 Å². The number of benzene rings is 1. The Bertz CT molecular complexity index is 469. The summed E-state index contributed by atoms with van der Waals surface area (Å²) in [6.45, 7) is 2.86. The fraction of sp³-hybridized carbons (Fsp3) is 0.462. The Morgan fingerprint density at radius 3 is 2.53 bits per heavy atom. The van der Waals surface area contributed by atoms with E-state index >= 15 is 0 Å². The minimum Gasteiger partial charge on any atom is -0.496 e. The molecule has 4 heteroatoms. The Labute approximate surface area is 110 Å². The van der Waals surface area contributed by atoms with Crippen molar-refractivity contribution in [2.75, 3.05) is 20.8 Å². The lowest BCUT2D eigenvalue weighted by atomic mass is 10.1. The topological polar surface area (TPSA) is 30.8 Å². The first-order valence-corrected chi connectivity index (χ1v) is 6.49. The van der Waals surface area contributed by atoms with E-state index in [1.807, 2.05) is 6.07 Å². The molecule has 1 aromatic carbocycles. The highest BCUT2D eigenvalue weighted by Gasteiger charge is 2.26. The molecule has 2 rings (SSSR count). The van der Waals surface area contributed by atoms with Gasteiger partial charge in [0.15, 0.2) is 0 Å². The van der Waals surface area contributed by atoms with Crippen LogP contribution in [0.4, 0.5) is 0 Å². The molecule has 3 nitrogen and oxygen atoms in total. The predicted molar refractivity (Wildman–Crippen MR) is 72.6 cm³/mol. The molecule has 0 bridgehead atoms. The Kier molecular flexibility index (Phi) is 3.72. The van der Waals surface area contributed by atoms with Crippen LogP contribution in [0.25, 0.3) is 0 Å². The summed E-state index contributed by atoms with van der Waals surface area (Å²) in [6, 6.07) is 1.92. The van der Waals surface area contributed by atoms with Crippen LogP contribution in [0.3, 0.4) is 0 Å². The number of halogens is 1. The van der Waals surface area contributed by atoms with Gasteiger partial charge in [-0.3, -0.25) is 4.99 Å². The summed E-state index contributed by atoms with van der Waals surface area (Å²) in [5, 5.41) is 0. The molecule has 0 amide bonds. The van der Waals surface area contributed by atoms with Crippen molar-refractivity contribution < 1.29 is 9.47 Å². The maximum Gasteiger partial charge on any atom is 0.137 e. The first-order valence-electron chi connectivity index (χ1n) is 5.70. The van der Waals surface area contributed by atoms with Crippen LogP contribution in [0.2, 0.25) is 0 Å². The van der Waals surface area contributed by atoms with Crippen LogP contribution in [0.5, 0.6) is 11.5 Å². The molecule has 0 heterocycles. The third-order valence-corrected chi connectivity index (χ3v) is 3.85. The maximum absolute atomic E-state index is 5.45. The van der Waals surface area contributed by atoms with E-state index in [2.05, 4.69) is 27.8 Å². The minimum atomic E-state index is 0.807. The molecule has 92 valence electrons. The SMILES string of the molecule is CCN=C1CCc2c(Br)c(OC)cc(OC)c21. The van der Waals surface area contributed by atoms with Gasteiger partial charge in [0, 0.05) is 23.9 Å². The third kappa shape index (κ3) is 2.06. The van der Waals surface area contributed by atoms with Crippen molar-refractivity contribution in [2.45, 2.75) is 19.8 Å². The molecule has 0 unspecified atom stereocenters. The van der Waals surface area contributed by atoms with Crippen molar-refractivity contribution in [1.82, 2.24) is 0 Å². The second-order valence-corrected chi connectivity index (χ2v) is 4.66. The van der Waals surface area contributed by atoms with Gasteiger partial charge >= 0.3 is 0 Å². The second kappa shape index (κ2) is 5.08. The highest BCUT2D eigenvalue weighted by molar-refractivity contribution is 9.10. The molecule has 17 heavy (non-hydrogen) atoms. The molecule has 0 fully saturated rings. The Balaban J connectivity index is 2.63. The summed E-state index contributed by atoms with van der Waals surface area (Å²) in [5.74, 6) is 1.67. The minimum absolute atomic E-state index is 0.807. The first kappa shape index (κ1) is 12.4. The normalized spacial score (nSPS) is 16.1. The predicted octanol–water partition coefficient (Wildman–Crippen LogP) is 3.22. The summed E-state index contributed by atoms with van der Waals surface area (Å²) in [6.07, 6.45) is 1.97. The van der Waals surface area contributed by atoms with E-state index in [1.54, 1.807) is 14.2 Å². The van der Waals surface area contributed by atoms with Crippen molar-refractivity contribution in [3.8, 4) is 11.5 Å². The molecule has 1 aliphatic carbocycles. The number of ether oxygens (including phenoxy) is 2. The number of hydrogen-bond acceptors (Lipinski definition) is 3. The molecular formula is C13H16BrNO2. The molecule has 1 aromatic rings. The number of hydrogen-bond donors (Lipinski definition) is 0. The van der Waals surface area contributed by atoms with Crippen molar-refractivity contribution in [3.05, 3.63) is 21.7 Å². The number of fused-ring (bicyclic) bond motifs is 1. The van der Waals surface area contributed by atoms with E-state index < -0.39 is 0 Å². The molecule has 0 saturated carbocycles. The third-order valence-electron chi connectivity index (χ3n) is 2.98. The van der Waals surface area contributed by atoms with Crippen molar-refractivity contribution in [3.63, 3.8) is 0 Å².